The zero-order valence-corrected chi connectivity index (χ0v) is 14.0. The van der Waals surface area contributed by atoms with Crippen LogP contribution in [-0.2, 0) is 0 Å². The molecular formula is C18H31NO2. The fourth-order valence-electron chi connectivity index (χ4n) is 2.58. The number of aliphatic hydroxyl groups is 1. The van der Waals surface area contributed by atoms with Gasteiger partial charge in [0.2, 0.25) is 0 Å². The maximum Gasteiger partial charge on any atom is 0.122 e. The molecule has 0 amide bonds. The van der Waals surface area contributed by atoms with Crippen LogP contribution >= 0.6 is 0 Å². The molecule has 0 aliphatic carbocycles. The first-order valence-corrected chi connectivity index (χ1v) is 8.13. The summed E-state index contributed by atoms with van der Waals surface area (Å²) in [6.45, 7) is 10.3. The number of ether oxygens (including phenoxy) is 1. The van der Waals surface area contributed by atoms with Gasteiger partial charge in [-0.1, -0.05) is 31.5 Å². The largest absolute Gasteiger partial charge is 0.493 e. The molecule has 0 bridgehead atoms. The second kappa shape index (κ2) is 9.06. The Bertz CT molecular complexity index is 414. The van der Waals surface area contributed by atoms with Crippen LogP contribution in [0.25, 0.3) is 0 Å². The van der Waals surface area contributed by atoms with Gasteiger partial charge in [-0.3, -0.25) is 0 Å². The molecule has 1 unspecified atom stereocenters. The lowest BCUT2D eigenvalue weighted by molar-refractivity contribution is 0.138. The zero-order valence-electron chi connectivity index (χ0n) is 14.0. The van der Waals surface area contributed by atoms with Gasteiger partial charge in [-0.05, 0) is 57.7 Å². The van der Waals surface area contributed by atoms with Crippen LogP contribution in [0.15, 0.2) is 18.2 Å². The summed E-state index contributed by atoms with van der Waals surface area (Å²) in [7, 11) is 0. The monoisotopic (exact) mass is 293 g/mol. The molecule has 0 aliphatic heterocycles. The van der Waals surface area contributed by atoms with E-state index in [0.29, 0.717) is 6.61 Å². The Balaban J connectivity index is 2.43. The summed E-state index contributed by atoms with van der Waals surface area (Å²) >= 11 is 0. The Morgan fingerprint density at radius 1 is 1.24 bits per heavy atom. The average molecular weight is 293 g/mol. The Morgan fingerprint density at radius 2 is 2.00 bits per heavy atom. The fraction of sp³-hybridized carbons (Fsp3) is 0.667. The van der Waals surface area contributed by atoms with Crippen LogP contribution in [0.1, 0.15) is 50.7 Å². The molecule has 2 N–H and O–H groups in total. The van der Waals surface area contributed by atoms with Gasteiger partial charge in [-0.15, -0.1) is 0 Å². The van der Waals surface area contributed by atoms with Crippen LogP contribution < -0.4 is 10.1 Å². The SMILES string of the molecule is CCCNC(CC)(CO)CCCOc1ccc(C)cc1C. The van der Waals surface area contributed by atoms with Gasteiger partial charge in [0.25, 0.3) is 0 Å². The lowest BCUT2D eigenvalue weighted by atomic mass is 9.91. The number of hydrogen-bond donors (Lipinski definition) is 2. The Hall–Kier alpha value is -1.06. The summed E-state index contributed by atoms with van der Waals surface area (Å²) in [4.78, 5) is 0. The molecule has 1 aromatic carbocycles. The normalized spacial score (nSPS) is 14.0. The molecule has 0 radical (unpaired) electrons. The van der Waals surface area contributed by atoms with Crippen LogP contribution in [0.2, 0.25) is 0 Å². The molecule has 3 nitrogen and oxygen atoms in total. The lowest BCUT2D eigenvalue weighted by Crippen LogP contribution is -2.48. The van der Waals surface area contributed by atoms with Crippen molar-refractivity contribution in [1.29, 1.82) is 0 Å². The van der Waals surface area contributed by atoms with Gasteiger partial charge >= 0.3 is 0 Å². The van der Waals surface area contributed by atoms with E-state index < -0.39 is 0 Å². The number of hydrogen-bond acceptors (Lipinski definition) is 3. The molecule has 120 valence electrons. The summed E-state index contributed by atoms with van der Waals surface area (Å²) in [5.74, 6) is 0.966. The van der Waals surface area contributed by atoms with Crippen LogP contribution in [-0.4, -0.2) is 30.4 Å². The number of rotatable bonds is 10. The number of aliphatic hydroxyl groups excluding tert-OH is 1. The van der Waals surface area contributed by atoms with E-state index in [0.717, 1.165) is 38.0 Å². The van der Waals surface area contributed by atoms with Crippen molar-refractivity contribution in [2.75, 3.05) is 19.8 Å². The predicted molar refractivity (Wildman–Crippen MR) is 89.0 cm³/mol. The Labute approximate surface area is 129 Å². The van der Waals surface area contributed by atoms with E-state index in [2.05, 4.69) is 45.1 Å². The predicted octanol–water partition coefficient (Wildman–Crippen LogP) is 3.60. The van der Waals surface area contributed by atoms with Crippen LogP contribution in [0.5, 0.6) is 5.75 Å². The molecule has 0 saturated carbocycles. The van der Waals surface area contributed by atoms with E-state index in [4.69, 9.17) is 4.74 Å². The lowest BCUT2D eigenvalue weighted by Gasteiger charge is -2.32. The van der Waals surface area contributed by atoms with E-state index in [9.17, 15) is 5.11 Å². The van der Waals surface area contributed by atoms with Gasteiger partial charge in [0.1, 0.15) is 5.75 Å². The number of aryl methyl sites for hydroxylation is 2. The highest BCUT2D eigenvalue weighted by Crippen LogP contribution is 2.21. The van der Waals surface area contributed by atoms with Gasteiger partial charge in [-0.25, -0.2) is 0 Å². The summed E-state index contributed by atoms with van der Waals surface area (Å²) in [5.41, 5.74) is 2.29. The average Bonchev–Trinajstić information content (AvgIpc) is 2.49. The zero-order chi connectivity index (χ0) is 15.7. The summed E-state index contributed by atoms with van der Waals surface area (Å²) < 4.78 is 5.87. The van der Waals surface area contributed by atoms with Crippen molar-refractivity contribution < 1.29 is 9.84 Å². The third-order valence-electron chi connectivity index (χ3n) is 4.12. The maximum atomic E-state index is 9.69. The molecule has 0 spiro atoms. The minimum atomic E-state index is -0.151. The molecule has 1 rings (SSSR count). The van der Waals surface area contributed by atoms with Gasteiger partial charge in [-0.2, -0.15) is 0 Å². The standard InChI is InChI=1S/C18H31NO2/c1-5-11-19-18(6-2,14-20)10-7-12-21-17-9-8-15(3)13-16(17)4/h8-9,13,19-20H,5-7,10-12,14H2,1-4H3. The smallest absolute Gasteiger partial charge is 0.122 e. The van der Waals surface area contributed by atoms with Crippen molar-refractivity contribution in [1.82, 2.24) is 5.32 Å². The maximum absolute atomic E-state index is 9.69. The quantitative estimate of drug-likeness (QED) is 0.648. The van der Waals surface area contributed by atoms with Crippen molar-refractivity contribution in [3.05, 3.63) is 29.3 Å². The molecule has 0 aromatic heterocycles. The Morgan fingerprint density at radius 3 is 2.57 bits per heavy atom. The number of nitrogens with one attached hydrogen (secondary N) is 1. The highest BCUT2D eigenvalue weighted by molar-refractivity contribution is 5.35. The van der Waals surface area contributed by atoms with Gasteiger partial charge < -0.3 is 15.2 Å². The van der Waals surface area contributed by atoms with E-state index >= 15 is 0 Å². The van der Waals surface area contributed by atoms with Crippen molar-refractivity contribution >= 4 is 0 Å². The summed E-state index contributed by atoms with van der Waals surface area (Å²) in [6, 6.07) is 6.26. The molecule has 1 atom stereocenters. The summed E-state index contributed by atoms with van der Waals surface area (Å²) in [6.07, 6.45) is 3.90. The topological polar surface area (TPSA) is 41.5 Å². The van der Waals surface area contributed by atoms with Crippen LogP contribution in [0.3, 0.4) is 0 Å². The molecule has 0 aliphatic rings. The van der Waals surface area contributed by atoms with Crippen molar-refractivity contribution in [3.8, 4) is 5.75 Å². The molecule has 3 heteroatoms. The summed E-state index contributed by atoms with van der Waals surface area (Å²) in [5, 5.41) is 13.2. The first-order valence-electron chi connectivity index (χ1n) is 8.13. The molecule has 0 saturated heterocycles. The fourth-order valence-corrected chi connectivity index (χ4v) is 2.58. The van der Waals surface area contributed by atoms with Gasteiger partial charge in [0, 0.05) is 5.54 Å². The van der Waals surface area contributed by atoms with Crippen molar-refractivity contribution in [2.24, 2.45) is 0 Å². The van der Waals surface area contributed by atoms with E-state index in [1.807, 2.05) is 6.07 Å². The van der Waals surface area contributed by atoms with E-state index in [-0.39, 0.29) is 12.1 Å². The second-order valence-corrected chi connectivity index (χ2v) is 5.94. The minimum Gasteiger partial charge on any atom is -0.493 e. The van der Waals surface area contributed by atoms with Crippen molar-refractivity contribution in [2.45, 2.75) is 58.9 Å². The number of benzene rings is 1. The molecular weight excluding hydrogens is 262 g/mol. The van der Waals surface area contributed by atoms with Crippen LogP contribution in [0.4, 0.5) is 0 Å². The van der Waals surface area contributed by atoms with Crippen molar-refractivity contribution in [3.63, 3.8) is 0 Å². The molecule has 0 heterocycles. The Kier molecular flexibility index (Phi) is 7.76. The van der Waals surface area contributed by atoms with E-state index in [1.165, 1.54) is 11.1 Å². The van der Waals surface area contributed by atoms with Crippen LogP contribution in [0, 0.1) is 13.8 Å². The molecule has 1 aromatic rings. The highest BCUT2D eigenvalue weighted by atomic mass is 16.5. The minimum absolute atomic E-state index is 0.151. The third-order valence-corrected chi connectivity index (χ3v) is 4.12. The molecule has 21 heavy (non-hydrogen) atoms. The first kappa shape index (κ1) is 18.0. The third kappa shape index (κ3) is 5.68. The highest BCUT2D eigenvalue weighted by Gasteiger charge is 2.25. The van der Waals surface area contributed by atoms with E-state index in [1.54, 1.807) is 0 Å². The van der Waals surface area contributed by atoms with Gasteiger partial charge in [0.05, 0.1) is 13.2 Å². The second-order valence-electron chi connectivity index (χ2n) is 5.94. The molecule has 0 fully saturated rings. The van der Waals surface area contributed by atoms with Gasteiger partial charge in [0.15, 0.2) is 0 Å². The first-order chi connectivity index (χ1) is 10.1.